The predicted octanol–water partition coefficient (Wildman–Crippen LogP) is 3.12. The first kappa shape index (κ1) is 12.7. The third-order valence-electron chi connectivity index (χ3n) is 3.44. The van der Waals surface area contributed by atoms with Crippen LogP contribution in [0.2, 0.25) is 0 Å². The van der Waals surface area contributed by atoms with E-state index in [9.17, 15) is 0 Å². The van der Waals surface area contributed by atoms with Gasteiger partial charge in [-0.15, -0.1) is 0 Å². The Morgan fingerprint density at radius 3 is 2.45 bits per heavy atom. The minimum atomic E-state index is 0.569. The quantitative estimate of drug-likeness (QED) is 0.852. The molecule has 2 N–H and O–H groups in total. The zero-order chi connectivity index (χ0) is 14.1. The SMILES string of the molecule is Cc1cccc(N(C)c2cc3c(cc2N)OCCO3)c1. The highest BCUT2D eigenvalue weighted by Crippen LogP contribution is 2.40. The Bertz CT molecular complexity index is 640. The van der Waals surface area contributed by atoms with Gasteiger partial charge in [0.2, 0.25) is 0 Å². The fourth-order valence-electron chi connectivity index (χ4n) is 2.36. The van der Waals surface area contributed by atoms with Gasteiger partial charge in [0.25, 0.3) is 0 Å². The van der Waals surface area contributed by atoms with Crippen LogP contribution in [0.1, 0.15) is 5.56 Å². The van der Waals surface area contributed by atoms with E-state index in [1.165, 1.54) is 5.56 Å². The predicted molar refractivity (Wildman–Crippen MR) is 81.1 cm³/mol. The molecule has 4 heteroatoms. The first-order chi connectivity index (χ1) is 9.65. The highest BCUT2D eigenvalue weighted by Gasteiger charge is 2.17. The van der Waals surface area contributed by atoms with Crippen LogP contribution in [0.25, 0.3) is 0 Å². The van der Waals surface area contributed by atoms with Gasteiger partial charge in [-0.05, 0) is 24.6 Å². The number of ether oxygens (including phenoxy) is 2. The molecule has 0 aromatic heterocycles. The molecule has 0 fully saturated rings. The van der Waals surface area contributed by atoms with E-state index in [0.717, 1.165) is 22.9 Å². The molecule has 0 saturated heterocycles. The monoisotopic (exact) mass is 270 g/mol. The van der Waals surface area contributed by atoms with Crippen LogP contribution in [0, 0.1) is 6.92 Å². The summed E-state index contributed by atoms with van der Waals surface area (Å²) in [6.45, 7) is 3.22. The van der Waals surface area contributed by atoms with E-state index < -0.39 is 0 Å². The third kappa shape index (κ3) is 2.25. The highest BCUT2D eigenvalue weighted by molar-refractivity contribution is 5.78. The number of fused-ring (bicyclic) bond motifs is 1. The van der Waals surface area contributed by atoms with Crippen molar-refractivity contribution in [2.45, 2.75) is 6.92 Å². The average Bonchev–Trinajstić information content (AvgIpc) is 2.46. The lowest BCUT2D eigenvalue weighted by molar-refractivity contribution is 0.172. The molecule has 0 radical (unpaired) electrons. The van der Waals surface area contributed by atoms with Gasteiger partial charge in [0, 0.05) is 24.9 Å². The molecule has 2 aromatic carbocycles. The number of aryl methyl sites for hydroxylation is 1. The van der Waals surface area contributed by atoms with E-state index in [2.05, 4.69) is 30.0 Å². The number of nitrogens with zero attached hydrogens (tertiary/aromatic N) is 1. The zero-order valence-electron chi connectivity index (χ0n) is 11.7. The Balaban J connectivity index is 2.01. The van der Waals surface area contributed by atoms with Crippen molar-refractivity contribution in [3.05, 3.63) is 42.0 Å². The lowest BCUT2D eigenvalue weighted by Crippen LogP contribution is -2.17. The summed E-state index contributed by atoms with van der Waals surface area (Å²) in [5.74, 6) is 1.47. The van der Waals surface area contributed by atoms with E-state index in [1.807, 2.05) is 25.2 Å². The fraction of sp³-hybridized carbons (Fsp3) is 0.250. The second-order valence-corrected chi connectivity index (χ2v) is 4.95. The summed E-state index contributed by atoms with van der Waals surface area (Å²) in [6.07, 6.45) is 0. The second kappa shape index (κ2) is 4.96. The Kier molecular flexibility index (Phi) is 3.14. The first-order valence-electron chi connectivity index (χ1n) is 6.64. The van der Waals surface area contributed by atoms with Crippen molar-refractivity contribution in [2.24, 2.45) is 0 Å². The van der Waals surface area contributed by atoms with Gasteiger partial charge in [0.05, 0.1) is 11.4 Å². The number of hydrogen-bond acceptors (Lipinski definition) is 4. The van der Waals surface area contributed by atoms with Gasteiger partial charge in [-0.3, -0.25) is 0 Å². The number of rotatable bonds is 2. The van der Waals surface area contributed by atoms with E-state index in [-0.39, 0.29) is 0 Å². The van der Waals surface area contributed by atoms with E-state index >= 15 is 0 Å². The fourth-order valence-corrected chi connectivity index (χ4v) is 2.36. The summed E-state index contributed by atoms with van der Waals surface area (Å²) >= 11 is 0. The van der Waals surface area contributed by atoms with Crippen molar-refractivity contribution < 1.29 is 9.47 Å². The normalized spacial score (nSPS) is 13.1. The molecule has 0 saturated carbocycles. The Labute approximate surface area is 118 Å². The lowest BCUT2D eigenvalue weighted by Gasteiger charge is -2.25. The standard InChI is InChI=1S/C16H18N2O2/c1-11-4-3-5-12(8-11)18(2)14-10-16-15(9-13(14)17)19-6-7-20-16/h3-5,8-10H,6-7,17H2,1-2H3. The number of nitrogen functional groups attached to an aromatic ring is 1. The van der Waals surface area contributed by atoms with Crippen molar-refractivity contribution in [3.63, 3.8) is 0 Å². The van der Waals surface area contributed by atoms with Crippen molar-refractivity contribution in [3.8, 4) is 11.5 Å². The van der Waals surface area contributed by atoms with Gasteiger partial charge >= 0.3 is 0 Å². The second-order valence-electron chi connectivity index (χ2n) is 4.95. The van der Waals surface area contributed by atoms with Gasteiger partial charge in [-0.25, -0.2) is 0 Å². The topological polar surface area (TPSA) is 47.7 Å². The van der Waals surface area contributed by atoms with E-state index in [0.29, 0.717) is 18.9 Å². The van der Waals surface area contributed by atoms with Gasteiger partial charge in [-0.2, -0.15) is 0 Å². The minimum Gasteiger partial charge on any atom is -0.486 e. The molecule has 3 rings (SSSR count). The largest absolute Gasteiger partial charge is 0.486 e. The molecule has 0 spiro atoms. The van der Waals surface area contributed by atoms with Crippen LogP contribution in [0.4, 0.5) is 17.1 Å². The van der Waals surface area contributed by atoms with E-state index in [4.69, 9.17) is 15.2 Å². The number of anilines is 3. The van der Waals surface area contributed by atoms with Gasteiger partial charge < -0.3 is 20.1 Å². The van der Waals surface area contributed by atoms with Crippen LogP contribution in [0.5, 0.6) is 11.5 Å². The van der Waals surface area contributed by atoms with Gasteiger partial charge in [0.15, 0.2) is 11.5 Å². The maximum absolute atomic E-state index is 6.14. The first-order valence-corrected chi connectivity index (χ1v) is 6.64. The molecular weight excluding hydrogens is 252 g/mol. The molecule has 1 aliphatic rings. The zero-order valence-corrected chi connectivity index (χ0v) is 11.7. The Morgan fingerprint density at radius 2 is 1.75 bits per heavy atom. The average molecular weight is 270 g/mol. The number of benzene rings is 2. The molecule has 0 unspecified atom stereocenters. The number of hydrogen-bond donors (Lipinski definition) is 1. The van der Waals surface area contributed by atoms with Crippen molar-refractivity contribution in [1.82, 2.24) is 0 Å². The summed E-state index contributed by atoms with van der Waals surface area (Å²) in [6, 6.07) is 12.1. The summed E-state index contributed by atoms with van der Waals surface area (Å²) in [5, 5.41) is 0. The lowest BCUT2D eigenvalue weighted by atomic mass is 10.1. The summed E-state index contributed by atoms with van der Waals surface area (Å²) in [5.41, 5.74) is 10.0. The van der Waals surface area contributed by atoms with Crippen molar-refractivity contribution in [1.29, 1.82) is 0 Å². The van der Waals surface area contributed by atoms with Crippen LogP contribution in [-0.2, 0) is 0 Å². The van der Waals surface area contributed by atoms with Crippen molar-refractivity contribution in [2.75, 3.05) is 30.9 Å². The van der Waals surface area contributed by atoms with Crippen LogP contribution in [-0.4, -0.2) is 20.3 Å². The maximum Gasteiger partial charge on any atom is 0.163 e. The Hall–Kier alpha value is -2.36. The smallest absolute Gasteiger partial charge is 0.163 e. The van der Waals surface area contributed by atoms with Crippen molar-refractivity contribution >= 4 is 17.1 Å². The molecule has 1 heterocycles. The minimum absolute atomic E-state index is 0.569. The third-order valence-corrected chi connectivity index (χ3v) is 3.44. The molecule has 0 aliphatic carbocycles. The van der Waals surface area contributed by atoms with E-state index in [1.54, 1.807) is 0 Å². The Morgan fingerprint density at radius 1 is 1.05 bits per heavy atom. The molecule has 0 bridgehead atoms. The number of nitrogens with two attached hydrogens (primary N) is 1. The molecule has 0 amide bonds. The molecule has 4 nitrogen and oxygen atoms in total. The summed E-state index contributed by atoms with van der Waals surface area (Å²) in [4.78, 5) is 2.06. The van der Waals surface area contributed by atoms with Gasteiger partial charge in [0.1, 0.15) is 13.2 Å². The maximum atomic E-state index is 6.14. The van der Waals surface area contributed by atoms with Crippen LogP contribution < -0.4 is 20.1 Å². The summed E-state index contributed by atoms with van der Waals surface area (Å²) in [7, 11) is 2.00. The molecule has 2 aromatic rings. The van der Waals surface area contributed by atoms with Crippen LogP contribution >= 0.6 is 0 Å². The molecule has 104 valence electrons. The highest BCUT2D eigenvalue weighted by atomic mass is 16.6. The molecule has 0 atom stereocenters. The van der Waals surface area contributed by atoms with Gasteiger partial charge in [-0.1, -0.05) is 12.1 Å². The summed E-state index contributed by atoms with van der Waals surface area (Å²) < 4.78 is 11.2. The molecular formula is C16H18N2O2. The van der Waals surface area contributed by atoms with Crippen LogP contribution in [0.3, 0.4) is 0 Å². The molecule has 1 aliphatic heterocycles. The van der Waals surface area contributed by atoms with Crippen LogP contribution in [0.15, 0.2) is 36.4 Å². The molecule has 20 heavy (non-hydrogen) atoms.